The molecule has 226 valence electrons. The van der Waals surface area contributed by atoms with Crippen molar-refractivity contribution in [1.29, 1.82) is 0 Å². The first-order valence-corrected chi connectivity index (χ1v) is 15.3. The van der Waals surface area contributed by atoms with E-state index >= 15 is 0 Å². The minimum Gasteiger partial charge on any atom is -0.477 e. The number of benzene rings is 1. The van der Waals surface area contributed by atoms with Crippen molar-refractivity contribution < 1.29 is 18.3 Å². The lowest BCUT2D eigenvalue weighted by molar-refractivity contribution is -0.0360. The van der Waals surface area contributed by atoms with Gasteiger partial charge in [-0.15, -0.1) is 0 Å². The number of alkyl halides is 2. The number of nitrogens with one attached hydrogen (secondary N) is 2. The number of ether oxygens (including phenoxy) is 1. The highest BCUT2D eigenvalue weighted by atomic mass is 19.3. The number of hydrogen-bond acceptors (Lipinski definition) is 6. The zero-order valence-corrected chi connectivity index (χ0v) is 24.6. The third-order valence-electron chi connectivity index (χ3n) is 9.10. The minimum absolute atomic E-state index is 0.00261. The summed E-state index contributed by atoms with van der Waals surface area (Å²) in [5.41, 5.74) is 5.11. The first-order valence-electron chi connectivity index (χ1n) is 15.3. The quantitative estimate of drug-likeness (QED) is 0.280. The molecule has 4 heterocycles. The molecular weight excluding hydrogens is 552 g/mol. The van der Waals surface area contributed by atoms with Crippen LogP contribution in [0.25, 0.3) is 22.3 Å². The summed E-state index contributed by atoms with van der Waals surface area (Å²) in [4.78, 5) is 23.3. The van der Waals surface area contributed by atoms with Gasteiger partial charge in [-0.25, -0.2) is 18.4 Å². The smallest absolute Gasteiger partial charge is 0.258 e. The predicted molar refractivity (Wildman–Crippen MR) is 161 cm³/mol. The summed E-state index contributed by atoms with van der Waals surface area (Å²) in [5, 5.41) is 10.9. The van der Waals surface area contributed by atoms with E-state index in [2.05, 4.69) is 25.3 Å². The number of nitrogens with zero attached hydrogens (tertiary/aromatic N) is 5. The first kappa shape index (κ1) is 27.8. The normalized spacial score (nSPS) is 21.2. The highest BCUT2D eigenvalue weighted by Gasteiger charge is 2.35. The van der Waals surface area contributed by atoms with Gasteiger partial charge in [0.1, 0.15) is 0 Å². The number of rotatable bonds is 3. The Balaban J connectivity index is 1.24. The van der Waals surface area contributed by atoms with Crippen molar-refractivity contribution in [3.8, 4) is 17.1 Å². The lowest BCUT2D eigenvalue weighted by Crippen LogP contribution is -2.31. The summed E-state index contributed by atoms with van der Waals surface area (Å²) in [6.07, 6.45) is 6.70. The van der Waals surface area contributed by atoms with E-state index in [1.165, 1.54) is 12.8 Å². The van der Waals surface area contributed by atoms with Crippen LogP contribution in [-0.4, -0.2) is 48.8 Å². The van der Waals surface area contributed by atoms with Gasteiger partial charge in [0.2, 0.25) is 17.8 Å². The number of aryl methyl sites for hydroxylation is 2. The molecule has 2 bridgehead atoms. The van der Waals surface area contributed by atoms with Gasteiger partial charge in [-0.2, -0.15) is 5.10 Å². The fourth-order valence-corrected chi connectivity index (χ4v) is 6.60. The molecule has 3 aliphatic rings. The van der Waals surface area contributed by atoms with E-state index in [0.29, 0.717) is 60.1 Å². The highest BCUT2D eigenvalue weighted by molar-refractivity contribution is 6.05. The summed E-state index contributed by atoms with van der Waals surface area (Å²) >= 11 is 0. The Labute approximate surface area is 249 Å². The maximum absolute atomic E-state index is 13.7. The van der Waals surface area contributed by atoms with Gasteiger partial charge in [0.15, 0.2) is 0 Å². The Morgan fingerprint density at radius 2 is 1.86 bits per heavy atom. The number of anilines is 2. The molecule has 2 aliphatic carbocycles. The third-order valence-corrected chi connectivity index (χ3v) is 9.10. The Morgan fingerprint density at radius 3 is 2.65 bits per heavy atom. The number of carbonyl (C=O) groups is 1. The average molecular weight is 590 g/mol. The predicted octanol–water partition coefficient (Wildman–Crippen LogP) is 6.58. The Kier molecular flexibility index (Phi) is 7.05. The van der Waals surface area contributed by atoms with Crippen molar-refractivity contribution in [2.24, 2.45) is 18.9 Å². The average Bonchev–Trinajstić information content (AvgIpc) is 3.68. The van der Waals surface area contributed by atoms with E-state index in [1.54, 1.807) is 23.0 Å². The van der Waals surface area contributed by atoms with Crippen LogP contribution in [0.1, 0.15) is 67.4 Å². The Bertz CT molecular complexity index is 1670. The van der Waals surface area contributed by atoms with Crippen LogP contribution in [0.5, 0.6) is 5.88 Å². The van der Waals surface area contributed by atoms with Gasteiger partial charge in [-0.3, -0.25) is 15.1 Å². The fraction of sp³-hybridized carbons (Fsp3) is 0.500. The molecule has 7 rings (SSSR count). The SMILES string of the molecule is Cc1cc2cc(n1)-c1cnn(C)c1OCCC[C@@H](C1CC1)Cn1c(nc3cc(NC4CCC(F)(F)CC4)ccc31)NC2=O. The molecule has 0 unspecified atom stereocenters. The number of pyridine rings is 1. The molecule has 0 radical (unpaired) electrons. The molecule has 1 aromatic carbocycles. The van der Waals surface area contributed by atoms with Crippen LogP contribution in [0.2, 0.25) is 0 Å². The van der Waals surface area contributed by atoms with E-state index in [1.807, 2.05) is 32.2 Å². The topological polar surface area (TPSA) is 98.9 Å². The monoisotopic (exact) mass is 589 g/mol. The molecule has 2 saturated carbocycles. The second-order valence-electron chi connectivity index (χ2n) is 12.4. The molecule has 2 N–H and O–H groups in total. The van der Waals surface area contributed by atoms with Crippen molar-refractivity contribution in [1.82, 2.24) is 24.3 Å². The van der Waals surface area contributed by atoms with Gasteiger partial charge in [-0.1, -0.05) is 0 Å². The minimum atomic E-state index is -2.56. The van der Waals surface area contributed by atoms with E-state index in [9.17, 15) is 13.6 Å². The summed E-state index contributed by atoms with van der Waals surface area (Å²) in [5.74, 6) is -0.632. The van der Waals surface area contributed by atoms with Crippen molar-refractivity contribution in [2.75, 3.05) is 17.2 Å². The van der Waals surface area contributed by atoms with Crippen LogP contribution in [-0.2, 0) is 13.6 Å². The highest BCUT2D eigenvalue weighted by Crippen LogP contribution is 2.41. The maximum Gasteiger partial charge on any atom is 0.258 e. The largest absolute Gasteiger partial charge is 0.477 e. The van der Waals surface area contributed by atoms with E-state index < -0.39 is 5.92 Å². The van der Waals surface area contributed by atoms with Gasteiger partial charge in [0.05, 0.1) is 35.1 Å². The summed E-state index contributed by atoms with van der Waals surface area (Å²) in [7, 11) is 1.85. The second-order valence-corrected chi connectivity index (χ2v) is 12.4. The molecule has 2 fully saturated rings. The zero-order valence-electron chi connectivity index (χ0n) is 24.6. The summed E-state index contributed by atoms with van der Waals surface area (Å²) < 4.78 is 37.5. The van der Waals surface area contributed by atoms with Crippen LogP contribution in [0.15, 0.2) is 36.5 Å². The zero-order chi connectivity index (χ0) is 29.7. The van der Waals surface area contributed by atoms with Crippen molar-refractivity contribution in [3.05, 3.63) is 47.8 Å². The van der Waals surface area contributed by atoms with Crippen molar-refractivity contribution >= 4 is 28.6 Å². The number of amides is 1. The van der Waals surface area contributed by atoms with Crippen LogP contribution >= 0.6 is 0 Å². The summed E-state index contributed by atoms with van der Waals surface area (Å²) in [6.45, 7) is 3.16. The van der Waals surface area contributed by atoms with E-state index in [4.69, 9.17) is 9.72 Å². The summed E-state index contributed by atoms with van der Waals surface area (Å²) in [6, 6.07) is 9.52. The van der Waals surface area contributed by atoms with Gasteiger partial charge in [0, 0.05) is 49.4 Å². The molecular formula is C32H37F2N7O2. The lowest BCUT2D eigenvalue weighted by atomic mass is 9.92. The number of carbonyl (C=O) groups excluding carboxylic acids is 1. The number of hydrogen-bond donors (Lipinski definition) is 2. The standard InChI is InChI=1S/C32H37F2N7O2/c1-19-14-22-15-26(36-19)25-17-35-40(2)30(25)43-13-3-4-21(20-5-6-20)18-41-28-8-7-24(16-27(28)38-31(41)39-29(22)42)37-23-9-11-32(33,34)12-10-23/h7-8,14-17,20-21,23,37H,3-6,9-13,18H2,1-2H3,(H,38,39,42)/t21-/m1/s1. The number of halogens is 2. The molecule has 1 atom stereocenters. The first-order chi connectivity index (χ1) is 20.7. The second kappa shape index (κ2) is 10.9. The van der Waals surface area contributed by atoms with E-state index in [0.717, 1.165) is 41.7 Å². The molecule has 11 heteroatoms. The van der Waals surface area contributed by atoms with Gasteiger partial charge in [0.25, 0.3) is 5.91 Å². The molecule has 43 heavy (non-hydrogen) atoms. The van der Waals surface area contributed by atoms with Crippen LogP contribution in [0.4, 0.5) is 20.4 Å². The lowest BCUT2D eigenvalue weighted by Gasteiger charge is -2.29. The molecule has 9 nitrogen and oxygen atoms in total. The van der Waals surface area contributed by atoms with Crippen molar-refractivity contribution in [3.63, 3.8) is 0 Å². The van der Waals surface area contributed by atoms with Crippen LogP contribution < -0.4 is 15.4 Å². The Morgan fingerprint density at radius 1 is 1.05 bits per heavy atom. The number of fused-ring (bicyclic) bond motifs is 7. The molecule has 3 aromatic heterocycles. The molecule has 1 amide bonds. The third kappa shape index (κ3) is 5.81. The van der Waals surface area contributed by atoms with Crippen LogP contribution in [0, 0.1) is 18.8 Å². The van der Waals surface area contributed by atoms with E-state index in [-0.39, 0.29) is 24.8 Å². The molecule has 0 saturated heterocycles. The van der Waals surface area contributed by atoms with Crippen molar-refractivity contribution in [2.45, 2.75) is 76.8 Å². The van der Waals surface area contributed by atoms with Gasteiger partial charge in [-0.05, 0) is 87.6 Å². The molecule has 4 aromatic rings. The van der Waals surface area contributed by atoms with Gasteiger partial charge >= 0.3 is 0 Å². The van der Waals surface area contributed by atoms with Crippen LogP contribution in [0.3, 0.4) is 0 Å². The molecule has 1 aliphatic heterocycles. The fourth-order valence-electron chi connectivity index (χ4n) is 6.60. The molecule has 0 spiro atoms. The van der Waals surface area contributed by atoms with Gasteiger partial charge < -0.3 is 14.6 Å². The maximum atomic E-state index is 13.7. The Hall–Kier alpha value is -4.02. The number of imidazole rings is 1. The number of aromatic nitrogens is 5.